The number of benzene rings is 1. The maximum atomic E-state index is 13.7. The average molecular weight is 557 g/mol. The van der Waals surface area contributed by atoms with Crippen LogP contribution in [0.4, 0.5) is 84.7 Å². The minimum absolute atomic E-state index is 0.0236. The number of hydrogen-bond acceptors (Lipinski definition) is 1. The second-order valence-corrected chi connectivity index (χ2v) is 6.45. The molecular formula is C15H5F18NO. The van der Waals surface area contributed by atoms with Gasteiger partial charge in [0.25, 0.3) is 0 Å². The molecule has 0 radical (unpaired) electrons. The van der Waals surface area contributed by atoms with E-state index in [-0.39, 0.29) is 18.2 Å². The summed E-state index contributed by atoms with van der Waals surface area (Å²) in [5.41, 5.74) is -1.44. The highest BCUT2D eigenvalue weighted by atomic mass is 19.4. The molecule has 0 aliphatic rings. The summed E-state index contributed by atoms with van der Waals surface area (Å²) in [6.07, 6.45) is -5.98. The standard InChI is InChI=1S/C15H5F18NO/c16-5-2-1-4(3-6(5)17)34-8(35)10(22,23)12(26,27)14(30,31)15(32,33)13(28,29)11(24,25)9(20,21)7(18)19/h1-3,7H,(H,34,35). The summed E-state index contributed by atoms with van der Waals surface area (Å²) < 4.78 is 237. The molecule has 0 spiro atoms. The number of amides is 1. The first-order valence-corrected chi connectivity index (χ1v) is 7.94. The first kappa shape index (κ1) is 30.5. The summed E-state index contributed by atoms with van der Waals surface area (Å²) in [5, 5.41) is 0.479. The Hall–Kier alpha value is -2.57. The fourth-order valence-corrected chi connectivity index (χ4v) is 2.06. The Kier molecular flexibility index (Phi) is 7.42. The van der Waals surface area contributed by atoms with Crippen molar-refractivity contribution < 1.29 is 83.8 Å². The Morgan fingerprint density at radius 3 is 1.43 bits per heavy atom. The first-order valence-electron chi connectivity index (χ1n) is 7.94. The molecule has 0 aliphatic heterocycles. The van der Waals surface area contributed by atoms with Gasteiger partial charge in [-0.05, 0) is 12.1 Å². The molecule has 1 aromatic rings. The van der Waals surface area contributed by atoms with Gasteiger partial charge < -0.3 is 5.32 Å². The van der Waals surface area contributed by atoms with E-state index in [1.807, 2.05) is 0 Å². The van der Waals surface area contributed by atoms with Crippen molar-refractivity contribution in [1.82, 2.24) is 0 Å². The molecule has 35 heavy (non-hydrogen) atoms. The third kappa shape index (κ3) is 4.21. The van der Waals surface area contributed by atoms with Gasteiger partial charge in [-0.15, -0.1) is 0 Å². The lowest BCUT2D eigenvalue weighted by molar-refractivity contribution is -0.443. The number of carbonyl (C=O) groups is 1. The normalized spacial score (nSPS) is 14.9. The zero-order valence-electron chi connectivity index (χ0n) is 15.5. The molecular weight excluding hydrogens is 552 g/mol. The maximum Gasteiger partial charge on any atom is 0.393 e. The number of nitrogens with one attached hydrogen (secondary N) is 1. The number of carbonyl (C=O) groups excluding carboxylic acids is 1. The van der Waals surface area contributed by atoms with Crippen LogP contribution in [-0.2, 0) is 4.79 Å². The van der Waals surface area contributed by atoms with Crippen molar-refractivity contribution in [1.29, 1.82) is 0 Å². The van der Waals surface area contributed by atoms with E-state index in [0.717, 1.165) is 0 Å². The van der Waals surface area contributed by atoms with Gasteiger partial charge in [0.1, 0.15) is 0 Å². The summed E-state index contributed by atoms with van der Waals surface area (Å²) in [7, 11) is 0. The van der Waals surface area contributed by atoms with Crippen LogP contribution >= 0.6 is 0 Å². The van der Waals surface area contributed by atoms with Crippen LogP contribution in [0.5, 0.6) is 0 Å². The van der Waals surface area contributed by atoms with Crippen molar-refractivity contribution in [3.8, 4) is 0 Å². The molecule has 0 aliphatic carbocycles. The molecule has 1 rings (SSSR count). The monoisotopic (exact) mass is 557 g/mol. The fraction of sp³-hybridized carbons (Fsp3) is 0.533. The van der Waals surface area contributed by atoms with E-state index in [4.69, 9.17) is 0 Å². The van der Waals surface area contributed by atoms with Crippen LogP contribution in [0, 0.1) is 11.6 Å². The summed E-state index contributed by atoms with van der Waals surface area (Å²) in [6, 6.07) is -0.121. The van der Waals surface area contributed by atoms with Crippen molar-refractivity contribution in [3.63, 3.8) is 0 Å². The Morgan fingerprint density at radius 2 is 1.03 bits per heavy atom. The second kappa shape index (κ2) is 8.52. The fourth-order valence-electron chi connectivity index (χ4n) is 2.06. The number of hydrogen-bond donors (Lipinski definition) is 1. The Labute approximate surface area is 179 Å². The van der Waals surface area contributed by atoms with Crippen LogP contribution < -0.4 is 5.32 Å². The lowest BCUT2D eigenvalue weighted by Gasteiger charge is -2.42. The highest BCUT2D eigenvalue weighted by Crippen LogP contribution is 2.62. The van der Waals surface area contributed by atoms with Crippen LogP contribution in [0.3, 0.4) is 0 Å². The van der Waals surface area contributed by atoms with Crippen molar-refractivity contribution in [3.05, 3.63) is 29.8 Å². The molecule has 0 aromatic heterocycles. The van der Waals surface area contributed by atoms with Gasteiger partial charge in [-0.25, -0.2) is 17.6 Å². The number of alkyl halides is 16. The molecule has 202 valence electrons. The molecule has 0 atom stereocenters. The van der Waals surface area contributed by atoms with E-state index in [1.54, 1.807) is 0 Å². The van der Waals surface area contributed by atoms with Gasteiger partial charge in [-0.2, -0.15) is 61.5 Å². The van der Waals surface area contributed by atoms with Gasteiger partial charge in [0.05, 0.1) is 0 Å². The topological polar surface area (TPSA) is 29.1 Å². The lowest BCUT2D eigenvalue weighted by Crippen LogP contribution is -2.74. The summed E-state index contributed by atoms with van der Waals surface area (Å²) in [6.45, 7) is 0. The molecule has 1 aromatic carbocycles. The van der Waals surface area contributed by atoms with E-state index >= 15 is 0 Å². The molecule has 2 nitrogen and oxygen atoms in total. The van der Waals surface area contributed by atoms with E-state index in [9.17, 15) is 83.8 Å². The number of rotatable bonds is 9. The Balaban J connectivity index is 3.54. The van der Waals surface area contributed by atoms with Crippen molar-refractivity contribution in [2.75, 3.05) is 5.32 Å². The van der Waals surface area contributed by atoms with Gasteiger partial charge in [0.15, 0.2) is 11.6 Å². The predicted molar refractivity (Wildman–Crippen MR) is 75.6 cm³/mol. The van der Waals surface area contributed by atoms with E-state index in [2.05, 4.69) is 0 Å². The molecule has 0 saturated heterocycles. The van der Waals surface area contributed by atoms with E-state index in [1.165, 1.54) is 0 Å². The largest absolute Gasteiger partial charge is 0.393 e. The van der Waals surface area contributed by atoms with Gasteiger partial charge in [0.2, 0.25) is 0 Å². The average Bonchev–Trinajstić information content (AvgIpc) is 2.69. The second-order valence-electron chi connectivity index (χ2n) is 6.45. The van der Waals surface area contributed by atoms with Crippen molar-refractivity contribution in [2.24, 2.45) is 0 Å². The van der Waals surface area contributed by atoms with E-state index in [0.29, 0.717) is 5.32 Å². The van der Waals surface area contributed by atoms with Crippen LogP contribution in [0.1, 0.15) is 0 Å². The minimum Gasteiger partial charge on any atom is -0.321 e. The van der Waals surface area contributed by atoms with E-state index < -0.39 is 71.1 Å². The molecule has 1 N–H and O–H groups in total. The summed E-state index contributed by atoms with van der Waals surface area (Å²) in [4.78, 5) is 11.3. The highest BCUT2D eigenvalue weighted by Gasteiger charge is 2.94. The third-order valence-electron chi connectivity index (χ3n) is 4.13. The third-order valence-corrected chi connectivity index (χ3v) is 4.13. The zero-order chi connectivity index (χ0) is 28.2. The molecule has 20 heteroatoms. The van der Waals surface area contributed by atoms with Crippen LogP contribution in [0.15, 0.2) is 18.2 Å². The van der Waals surface area contributed by atoms with Crippen LogP contribution in [0.2, 0.25) is 0 Å². The van der Waals surface area contributed by atoms with Crippen molar-refractivity contribution in [2.45, 2.75) is 47.9 Å². The molecule has 0 heterocycles. The Bertz CT molecular complexity index is 955. The van der Waals surface area contributed by atoms with Crippen molar-refractivity contribution >= 4 is 11.6 Å². The molecule has 0 fully saturated rings. The quantitative estimate of drug-likeness (QED) is 0.340. The smallest absolute Gasteiger partial charge is 0.321 e. The molecule has 1 amide bonds. The minimum atomic E-state index is -8.66. The molecule has 0 saturated carbocycles. The molecule has 0 unspecified atom stereocenters. The van der Waals surface area contributed by atoms with Gasteiger partial charge >= 0.3 is 53.8 Å². The highest BCUT2D eigenvalue weighted by molar-refractivity contribution is 5.97. The summed E-state index contributed by atoms with van der Waals surface area (Å²) >= 11 is 0. The molecule has 0 bridgehead atoms. The number of halogens is 18. The first-order chi connectivity index (χ1) is 15.2. The predicted octanol–water partition coefficient (Wildman–Crippen LogP) is 6.62. The lowest BCUT2D eigenvalue weighted by atomic mass is 9.89. The summed E-state index contributed by atoms with van der Waals surface area (Å²) in [5.74, 6) is -64.6. The van der Waals surface area contributed by atoms with Crippen LogP contribution in [0.25, 0.3) is 0 Å². The van der Waals surface area contributed by atoms with Crippen LogP contribution in [-0.4, -0.2) is 53.8 Å². The SMILES string of the molecule is O=C(Nc1ccc(F)c(F)c1)C(F)(F)C(F)(F)C(F)(F)C(F)(F)C(F)(F)C(F)(F)C(F)(F)C(F)F. The number of anilines is 1. The van der Waals surface area contributed by atoms with Gasteiger partial charge in [0, 0.05) is 11.8 Å². The Morgan fingerprint density at radius 1 is 0.629 bits per heavy atom. The van der Waals surface area contributed by atoms with Gasteiger partial charge in [-0.3, -0.25) is 4.79 Å². The van der Waals surface area contributed by atoms with Gasteiger partial charge in [-0.1, -0.05) is 0 Å². The zero-order valence-corrected chi connectivity index (χ0v) is 15.5. The maximum absolute atomic E-state index is 13.7.